The molecular formula is C9H19N3O. The smallest absolute Gasteiger partial charge is 0.192 e. The van der Waals surface area contributed by atoms with Crippen molar-refractivity contribution in [2.45, 2.75) is 37.8 Å². The largest absolute Gasteiger partial charge is 0.479 e. The van der Waals surface area contributed by atoms with E-state index in [-0.39, 0.29) is 0 Å². The predicted molar refractivity (Wildman–Crippen MR) is 53.5 cm³/mol. The van der Waals surface area contributed by atoms with Crippen LogP contribution in [-0.2, 0) is 4.74 Å². The van der Waals surface area contributed by atoms with Crippen molar-refractivity contribution >= 4 is 6.40 Å². The minimum atomic E-state index is 0.323. The molecule has 0 atom stereocenters. The van der Waals surface area contributed by atoms with Crippen molar-refractivity contribution in [3.05, 3.63) is 0 Å². The first kappa shape index (κ1) is 10.3. The number of ether oxygens (including phenoxy) is 1. The van der Waals surface area contributed by atoms with Crippen LogP contribution >= 0.6 is 0 Å². The van der Waals surface area contributed by atoms with Gasteiger partial charge in [-0.15, -0.1) is 0 Å². The molecule has 0 aromatic rings. The second kappa shape index (κ2) is 5.07. The summed E-state index contributed by atoms with van der Waals surface area (Å²) < 4.78 is 5.32. The molecule has 1 fully saturated rings. The Labute approximate surface area is 79.7 Å². The van der Waals surface area contributed by atoms with E-state index in [1.807, 2.05) is 0 Å². The number of hydrogen-bond acceptors (Lipinski definition) is 4. The molecule has 0 aliphatic heterocycles. The van der Waals surface area contributed by atoms with Crippen molar-refractivity contribution in [2.75, 3.05) is 14.1 Å². The third-order valence-corrected chi connectivity index (χ3v) is 2.69. The van der Waals surface area contributed by atoms with Gasteiger partial charge >= 0.3 is 0 Å². The lowest BCUT2D eigenvalue weighted by atomic mass is 9.92. The van der Waals surface area contributed by atoms with Gasteiger partial charge < -0.3 is 15.5 Å². The van der Waals surface area contributed by atoms with E-state index >= 15 is 0 Å². The Hall–Kier alpha value is -0.770. The molecule has 4 nitrogen and oxygen atoms in total. The van der Waals surface area contributed by atoms with E-state index in [0.29, 0.717) is 6.10 Å². The fourth-order valence-electron chi connectivity index (χ4n) is 1.82. The molecule has 76 valence electrons. The van der Waals surface area contributed by atoms with E-state index in [9.17, 15) is 0 Å². The van der Waals surface area contributed by atoms with Crippen molar-refractivity contribution in [1.29, 1.82) is 0 Å². The summed E-state index contributed by atoms with van der Waals surface area (Å²) in [5, 5.41) is 3.33. The first-order valence-corrected chi connectivity index (χ1v) is 4.77. The molecule has 13 heavy (non-hydrogen) atoms. The van der Waals surface area contributed by atoms with Crippen LogP contribution in [0.5, 0.6) is 0 Å². The van der Waals surface area contributed by atoms with Crippen molar-refractivity contribution in [3.8, 4) is 0 Å². The first-order valence-electron chi connectivity index (χ1n) is 4.77. The Morgan fingerprint density at radius 2 is 1.92 bits per heavy atom. The van der Waals surface area contributed by atoms with Gasteiger partial charge in [0.25, 0.3) is 0 Å². The zero-order valence-corrected chi connectivity index (χ0v) is 8.44. The van der Waals surface area contributed by atoms with Gasteiger partial charge in [-0.05, 0) is 39.8 Å². The minimum Gasteiger partial charge on any atom is -0.479 e. The average molecular weight is 185 g/mol. The quantitative estimate of drug-likeness (QED) is 0.306. The predicted octanol–water partition coefficient (Wildman–Crippen LogP) is 0.778. The molecule has 4 heteroatoms. The molecule has 0 radical (unpaired) electrons. The molecule has 0 amide bonds. The van der Waals surface area contributed by atoms with Crippen LogP contribution in [0, 0.1) is 0 Å². The molecule has 0 aromatic heterocycles. The lowest BCUT2D eigenvalue weighted by Gasteiger charge is -2.31. The van der Waals surface area contributed by atoms with Crippen LogP contribution < -0.4 is 5.84 Å². The molecule has 0 spiro atoms. The topological polar surface area (TPSA) is 50.8 Å². The van der Waals surface area contributed by atoms with Gasteiger partial charge in [0.1, 0.15) is 6.10 Å². The molecule has 2 N–H and O–H groups in total. The molecule has 0 aromatic carbocycles. The Bertz CT molecular complexity index is 162. The summed E-state index contributed by atoms with van der Waals surface area (Å²) in [7, 11) is 4.26. The van der Waals surface area contributed by atoms with Gasteiger partial charge in [0.05, 0.1) is 0 Å². The lowest BCUT2D eigenvalue weighted by molar-refractivity contribution is 0.108. The van der Waals surface area contributed by atoms with Gasteiger partial charge in [0, 0.05) is 6.04 Å². The summed E-state index contributed by atoms with van der Waals surface area (Å²) in [5.74, 6) is 4.96. The molecule has 1 rings (SSSR count). The van der Waals surface area contributed by atoms with Crippen LogP contribution in [0.2, 0.25) is 0 Å². The van der Waals surface area contributed by atoms with Gasteiger partial charge in [-0.25, -0.2) is 0 Å². The molecule has 0 heterocycles. The molecule has 0 unspecified atom stereocenters. The zero-order chi connectivity index (χ0) is 9.68. The summed E-state index contributed by atoms with van der Waals surface area (Å²) in [6, 6.07) is 0.717. The number of rotatable bonds is 3. The molecule has 1 saturated carbocycles. The lowest BCUT2D eigenvalue weighted by Crippen LogP contribution is -2.34. The Balaban J connectivity index is 2.22. The van der Waals surface area contributed by atoms with Crippen LogP contribution in [0.1, 0.15) is 25.7 Å². The third kappa shape index (κ3) is 3.22. The van der Waals surface area contributed by atoms with Crippen molar-refractivity contribution in [3.63, 3.8) is 0 Å². The molecule has 1 aliphatic rings. The van der Waals surface area contributed by atoms with Gasteiger partial charge in [-0.2, -0.15) is 5.10 Å². The van der Waals surface area contributed by atoms with E-state index in [1.54, 1.807) is 0 Å². The number of hydrazone groups is 1. The number of hydrogen-bond donors (Lipinski definition) is 1. The van der Waals surface area contributed by atoms with E-state index in [4.69, 9.17) is 10.6 Å². The first-order chi connectivity index (χ1) is 6.24. The number of nitrogens with zero attached hydrogens (tertiary/aromatic N) is 2. The van der Waals surface area contributed by atoms with Gasteiger partial charge in [-0.1, -0.05) is 0 Å². The molecule has 0 bridgehead atoms. The van der Waals surface area contributed by atoms with E-state index in [0.717, 1.165) is 18.9 Å². The second-order valence-corrected chi connectivity index (χ2v) is 3.78. The minimum absolute atomic E-state index is 0.323. The maximum absolute atomic E-state index is 5.32. The highest BCUT2D eigenvalue weighted by Gasteiger charge is 2.22. The van der Waals surface area contributed by atoms with Crippen LogP contribution in [-0.4, -0.2) is 37.5 Å². The molecular weight excluding hydrogens is 166 g/mol. The third-order valence-electron chi connectivity index (χ3n) is 2.69. The van der Waals surface area contributed by atoms with E-state index in [2.05, 4.69) is 24.1 Å². The SMILES string of the molecule is CN(C)C1CCC(O/C=N/N)CC1. The average Bonchev–Trinajstić information content (AvgIpc) is 2.15. The van der Waals surface area contributed by atoms with Gasteiger partial charge in [-0.3, -0.25) is 0 Å². The maximum Gasteiger partial charge on any atom is 0.192 e. The summed E-state index contributed by atoms with van der Waals surface area (Å²) in [4.78, 5) is 2.28. The number of nitrogens with two attached hydrogens (primary N) is 1. The normalized spacial score (nSPS) is 29.8. The Kier molecular flexibility index (Phi) is 4.02. The van der Waals surface area contributed by atoms with Crippen LogP contribution in [0.3, 0.4) is 0 Å². The highest BCUT2D eigenvalue weighted by Crippen LogP contribution is 2.23. The van der Waals surface area contributed by atoms with Crippen LogP contribution in [0.4, 0.5) is 0 Å². The Morgan fingerprint density at radius 1 is 1.31 bits per heavy atom. The summed E-state index contributed by atoms with van der Waals surface area (Å²) in [6.45, 7) is 0. The van der Waals surface area contributed by atoms with Crippen LogP contribution in [0.15, 0.2) is 5.10 Å². The monoisotopic (exact) mass is 185 g/mol. The van der Waals surface area contributed by atoms with Crippen molar-refractivity contribution < 1.29 is 4.74 Å². The Morgan fingerprint density at radius 3 is 2.38 bits per heavy atom. The second-order valence-electron chi connectivity index (χ2n) is 3.78. The van der Waals surface area contributed by atoms with Gasteiger partial charge in [0.2, 0.25) is 0 Å². The van der Waals surface area contributed by atoms with Crippen LogP contribution in [0.25, 0.3) is 0 Å². The van der Waals surface area contributed by atoms with E-state index in [1.165, 1.54) is 19.2 Å². The summed E-state index contributed by atoms with van der Waals surface area (Å²) in [5.41, 5.74) is 0. The summed E-state index contributed by atoms with van der Waals surface area (Å²) in [6.07, 6.45) is 6.29. The standard InChI is InChI=1S/C9H19N3O/c1-12(2)8-3-5-9(6-4-8)13-7-11-10/h7-9H,3-6,10H2,1-2H3/b11-7+. The molecule has 0 saturated heterocycles. The highest BCUT2D eigenvalue weighted by atomic mass is 16.5. The van der Waals surface area contributed by atoms with E-state index < -0.39 is 0 Å². The fraction of sp³-hybridized carbons (Fsp3) is 0.889. The van der Waals surface area contributed by atoms with Crippen molar-refractivity contribution in [1.82, 2.24) is 4.90 Å². The zero-order valence-electron chi connectivity index (χ0n) is 8.44. The summed E-state index contributed by atoms with van der Waals surface area (Å²) >= 11 is 0. The molecule has 1 aliphatic carbocycles. The fourth-order valence-corrected chi connectivity index (χ4v) is 1.82. The highest BCUT2D eigenvalue weighted by molar-refractivity contribution is 5.45. The maximum atomic E-state index is 5.32. The van der Waals surface area contributed by atoms with Crippen molar-refractivity contribution in [2.24, 2.45) is 10.9 Å². The van der Waals surface area contributed by atoms with Gasteiger partial charge in [0.15, 0.2) is 6.40 Å².